The van der Waals surface area contributed by atoms with Crippen LogP contribution in [0.5, 0.6) is 17.2 Å². The fourth-order valence-corrected chi connectivity index (χ4v) is 2.13. The lowest BCUT2D eigenvalue weighted by molar-refractivity contribution is -0.124. The van der Waals surface area contributed by atoms with Gasteiger partial charge in [0.25, 0.3) is 11.8 Å². The maximum absolute atomic E-state index is 11.8. The van der Waals surface area contributed by atoms with Gasteiger partial charge in [-0.2, -0.15) is 0 Å². The van der Waals surface area contributed by atoms with Gasteiger partial charge >= 0.3 is 0 Å². The number of rotatable bonds is 7. The minimum Gasteiger partial charge on any atom is -0.497 e. The summed E-state index contributed by atoms with van der Waals surface area (Å²) in [5.41, 5.74) is 5.84. The lowest BCUT2D eigenvalue weighted by atomic mass is 10.2. The Labute approximate surface area is 168 Å². The molecule has 2 aromatic carbocycles. The van der Waals surface area contributed by atoms with Crippen molar-refractivity contribution in [2.45, 2.75) is 6.92 Å². The normalized spacial score (nSPS) is 9.79. The van der Waals surface area contributed by atoms with Crippen LogP contribution in [-0.4, -0.2) is 37.3 Å². The fourth-order valence-electron chi connectivity index (χ4n) is 1.96. The van der Waals surface area contributed by atoms with Crippen molar-refractivity contribution < 1.29 is 23.8 Å². The smallest absolute Gasteiger partial charge is 0.276 e. The number of benzene rings is 2. The molecule has 9 heteroatoms. The van der Waals surface area contributed by atoms with Crippen molar-refractivity contribution in [1.82, 2.24) is 16.2 Å². The molecular formula is C19H21N3O5S. The van der Waals surface area contributed by atoms with E-state index in [-0.39, 0.29) is 18.3 Å². The summed E-state index contributed by atoms with van der Waals surface area (Å²) < 4.78 is 15.7. The molecule has 0 bridgehead atoms. The van der Waals surface area contributed by atoms with Gasteiger partial charge in [-0.3, -0.25) is 25.8 Å². The van der Waals surface area contributed by atoms with Crippen LogP contribution in [0, 0.1) is 6.92 Å². The molecule has 148 valence electrons. The molecule has 28 heavy (non-hydrogen) atoms. The highest BCUT2D eigenvalue weighted by Crippen LogP contribution is 2.16. The highest BCUT2D eigenvalue weighted by molar-refractivity contribution is 7.80. The molecule has 0 unspecified atom stereocenters. The molecule has 0 radical (unpaired) electrons. The van der Waals surface area contributed by atoms with E-state index in [0.717, 1.165) is 5.56 Å². The third kappa shape index (κ3) is 7.50. The second-order valence-corrected chi connectivity index (χ2v) is 6.02. The number of hydrazine groups is 1. The van der Waals surface area contributed by atoms with Crippen LogP contribution >= 0.6 is 12.2 Å². The molecule has 0 aromatic heterocycles. The van der Waals surface area contributed by atoms with Crippen molar-refractivity contribution >= 4 is 29.1 Å². The van der Waals surface area contributed by atoms with Crippen LogP contribution < -0.4 is 30.4 Å². The van der Waals surface area contributed by atoms with E-state index in [1.54, 1.807) is 43.5 Å². The van der Waals surface area contributed by atoms with Crippen LogP contribution in [0.1, 0.15) is 5.56 Å². The number of carbonyl (C=O) groups is 2. The Morgan fingerprint density at radius 3 is 1.89 bits per heavy atom. The molecule has 0 saturated heterocycles. The lowest BCUT2D eigenvalue weighted by Gasteiger charge is -2.12. The SMILES string of the molecule is COc1ccc(OCC(=O)NC(=S)NNC(=O)COc2ccc(C)cc2)cc1. The topological polar surface area (TPSA) is 97.9 Å². The Morgan fingerprint density at radius 1 is 0.821 bits per heavy atom. The van der Waals surface area contributed by atoms with Crippen molar-refractivity contribution in [3.05, 3.63) is 54.1 Å². The van der Waals surface area contributed by atoms with Crippen molar-refractivity contribution in [2.24, 2.45) is 0 Å². The zero-order valence-corrected chi connectivity index (χ0v) is 16.3. The summed E-state index contributed by atoms with van der Waals surface area (Å²) in [4.78, 5) is 23.5. The predicted molar refractivity (Wildman–Crippen MR) is 107 cm³/mol. The standard InChI is InChI=1S/C19H21N3O5S/c1-13-3-5-15(6-4-13)27-12-18(24)21-22-19(28)20-17(23)11-26-16-9-7-14(25-2)8-10-16/h3-10H,11-12H2,1-2H3,(H,21,24)(H2,20,22,23,28). The number of amides is 2. The molecule has 0 spiro atoms. The van der Waals surface area contributed by atoms with Crippen LogP contribution in [0.15, 0.2) is 48.5 Å². The highest BCUT2D eigenvalue weighted by Gasteiger charge is 2.08. The monoisotopic (exact) mass is 403 g/mol. The first-order chi connectivity index (χ1) is 13.5. The molecule has 3 N–H and O–H groups in total. The lowest BCUT2D eigenvalue weighted by Crippen LogP contribution is -2.50. The Balaban J connectivity index is 1.63. The van der Waals surface area contributed by atoms with E-state index in [2.05, 4.69) is 16.2 Å². The molecule has 2 rings (SSSR count). The van der Waals surface area contributed by atoms with E-state index in [9.17, 15) is 9.59 Å². The van der Waals surface area contributed by atoms with E-state index < -0.39 is 11.8 Å². The molecule has 0 aliphatic carbocycles. The highest BCUT2D eigenvalue weighted by atomic mass is 32.1. The minimum absolute atomic E-state index is 0.0629. The number of ether oxygens (including phenoxy) is 3. The van der Waals surface area contributed by atoms with Gasteiger partial charge in [0.05, 0.1) is 7.11 Å². The Morgan fingerprint density at radius 2 is 1.32 bits per heavy atom. The van der Waals surface area contributed by atoms with Gasteiger partial charge in [-0.15, -0.1) is 0 Å². The fraction of sp³-hybridized carbons (Fsp3) is 0.211. The van der Waals surface area contributed by atoms with Gasteiger partial charge in [-0.05, 0) is 55.5 Å². The minimum atomic E-state index is -0.474. The van der Waals surface area contributed by atoms with Crippen LogP contribution in [0.25, 0.3) is 0 Å². The van der Waals surface area contributed by atoms with Crippen LogP contribution in [0.4, 0.5) is 0 Å². The molecule has 0 atom stereocenters. The molecule has 0 saturated carbocycles. The first kappa shape index (κ1) is 21.0. The summed E-state index contributed by atoms with van der Waals surface area (Å²) in [5, 5.41) is 2.32. The van der Waals surface area contributed by atoms with Crippen LogP contribution in [-0.2, 0) is 9.59 Å². The third-order valence-corrected chi connectivity index (χ3v) is 3.59. The summed E-state index contributed by atoms with van der Waals surface area (Å²) in [6.07, 6.45) is 0. The van der Waals surface area contributed by atoms with E-state index in [0.29, 0.717) is 17.2 Å². The van der Waals surface area contributed by atoms with Gasteiger partial charge in [0.2, 0.25) is 0 Å². The second-order valence-electron chi connectivity index (χ2n) is 5.62. The van der Waals surface area contributed by atoms with Crippen molar-refractivity contribution in [2.75, 3.05) is 20.3 Å². The number of methoxy groups -OCH3 is 1. The van der Waals surface area contributed by atoms with E-state index >= 15 is 0 Å². The number of thiocarbonyl (C=S) groups is 1. The maximum atomic E-state index is 11.8. The summed E-state index contributed by atoms with van der Waals surface area (Å²) in [6, 6.07) is 14.1. The van der Waals surface area contributed by atoms with Crippen molar-refractivity contribution in [3.63, 3.8) is 0 Å². The Kier molecular flexibility index (Phi) is 8.04. The second kappa shape index (κ2) is 10.7. The molecule has 8 nitrogen and oxygen atoms in total. The number of hydrogen-bond acceptors (Lipinski definition) is 6. The predicted octanol–water partition coefficient (Wildman–Crippen LogP) is 1.48. The van der Waals surface area contributed by atoms with Gasteiger partial charge in [0, 0.05) is 0 Å². The van der Waals surface area contributed by atoms with Gasteiger partial charge in [0.1, 0.15) is 17.2 Å². The van der Waals surface area contributed by atoms with Crippen LogP contribution in [0.2, 0.25) is 0 Å². The maximum Gasteiger partial charge on any atom is 0.276 e. The molecular weight excluding hydrogens is 382 g/mol. The third-order valence-electron chi connectivity index (χ3n) is 3.39. The molecule has 0 aliphatic rings. The zero-order valence-electron chi connectivity index (χ0n) is 15.5. The first-order valence-electron chi connectivity index (χ1n) is 8.31. The van der Waals surface area contributed by atoms with Gasteiger partial charge in [0.15, 0.2) is 18.3 Å². The van der Waals surface area contributed by atoms with Gasteiger partial charge in [-0.1, -0.05) is 17.7 Å². The molecule has 2 amide bonds. The van der Waals surface area contributed by atoms with E-state index in [4.69, 9.17) is 26.4 Å². The summed E-state index contributed by atoms with van der Waals surface area (Å²) >= 11 is 4.93. The Bertz CT molecular complexity index is 809. The first-order valence-corrected chi connectivity index (χ1v) is 8.72. The number of hydrogen-bond donors (Lipinski definition) is 3. The average Bonchev–Trinajstić information content (AvgIpc) is 2.70. The molecule has 0 fully saturated rings. The van der Waals surface area contributed by atoms with Crippen LogP contribution in [0.3, 0.4) is 0 Å². The number of nitrogens with one attached hydrogen (secondary N) is 3. The molecule has 0 heterocycles. The average molecular weight is 403 g/mol. The number of aryl methyl sites for hydroxylation is 1. The van der Waals surface area contributed by atoms with E-state index in [1.807, 2.05) is 19.1 Å². The molecule has 2 aromatic rings. The quantitative estimate of drug-likeness (QED) is 0.476. The number of carbonyl (C=O) groups excluding carboxylic acids is 2. The van der Waals surface area contributed by atoms with Gasteiger partial charge in [-0.25, -0.2) is 0 Å². The van der Waals surface area contributed by atoms with E-state index in [1.165, 1.54) is 0 Å². The zero-order chi connectivity index (χ0) is 20.4. The summed E-state index contributed by atoms with van der Waals surface area (Å²) in [7, 11) is 1.56. The largest absolute Gasteiger partial charge is 0.497 e. The molecule has 0 aliphatic heterocycles. The van der Waals surface area contributed by atoms with Crippen molar-refractivity contribution in [3.8, 4) is 17.2 Å². The summed E-state index contributed by atoms with van der Waals surface area (Å²) in [5.74, 6) is 0.845. The summed E-state index contributed by atoms with van der Waals surface area (Å²) in [6.45, 7) is 1.52. The van der Waals surface area contributed by atoms with Gasteiger partial charge < -0.3 is 14.2 Å². The van der Waals surface area contributed by atoms with Crippen molar-refractivity contribution in [1.29, 1.82) is 0 Å². The Hall–Kier alpha value is -3.33.